The highest BCUT2D eigenvalue weighted by Gasteiger charge is 2.01. The number of rotatable bonds is 4. The molecule has 0 aliphatic heterocycles. The molecule has 0 bridgehead atoms. The zero-order valence-corrected chi connectivity index (χ0v) is 10.7. The third-order valence-electron chi connectivity index (χ3n) is 2.46. The van der Waals surface area contributed by atoms with Crippen molar-refractivity contribution in [1.29, 1.82) is 0 Å². The summed E-state index contributed by atoms with van der Waals surface area (Å²) in [4.78, 5) is 0. The van der Waals surface area contributed by atoms with Crippen LogP contribution in [0.25, 0.3) is 0 Å². The molecule has 0 saturated heterocycles. The van der Waals surface area contributed by atoms with Gasteiger partial charge >= 0.3 is 0 Å². The van der Waals surface area contributed by atoms with Gasteiger partial charge in [0.05, 0.1) is 0 Å². The smallest absolute Gasteiger partial charge is 0.0222 e. The summed E-state index contributed by atoms with van der Waals surface area (Å²) < 4.78 is 1.20. The lowest BCUT2D eigenvalue weighted by atomic mass is 10.1. The Balaban J connectivity index is 2.59. The molecule has 0 spiro atoms. The summed E-state index contributed by atoms with van der Waals surface area (Å²) >= 11 is 3.58. The molecule has 0 aromatic heterocycles. The van der Waals surface area contributed by atoms with E-state index in [2.05, 4.69) is 60.2 Å². The van der Waals surface area contributed by atoms with Crippen LogP contribution in [-0.4, -0.2) is 6.04 Å². The van der Waals surface area contributed by atoms with E-state index in [0.717, 1.165) is 6.54 Å². The van der Waals surface area contributed by atoms with Gasteiger partial charge in [0.1, 0.15) is 0 Å². The SMILES string of the molecule is CC[C@@H](C)NCc1ccc(C)cc1Br. The second-order valence-corrected chi connectivity index (χ2v) is 4.64. The van der Waals surface area contributed by atoms with Gasteiger partial charge in [-0.05, 0) is 37.5 Å². The van der Waals surface area contributed by atoms with Crippen LogP contribution in [0, 0.1) is 6.92 Å². The molecule has 1 rings (SSSR count). The summed E-state index contributed by atoms with van der Waals surface area (Å²) in [5, 5.41) is 3.48. The highest BCUT2D eigenvalue weighted by Crippen LogP contribution is 2.18. The van der Waals surface area contributed by atoms with Gasteiger partial charge in [-0.2, -0.15) is 0 Å². The molecule has 2 heteroatoms. The molecule has 14 heavy (non-hydrogen) atoms. The van der Waals surface area contributed by atoms with E-state index in [1.165, 1.54) is 22.0 Å². The maximum absolute atomic E-state index is 3.58. The largest absolute Gasteiger partial charge is 0.310 e. The number of halogens is 1. The molecule has 78 valence electrons. The van der Waals surface area contributed by atoms with Crippen LogP contribution in [0.3, 0.4) is 0 Å². The maximum Gasteiger partial charge on any atom is 0.0222 e. The predicted octanol–water partition coefficient (Wildman–Crippen LogP) is 3.65. The second kappa shape index (κ2) is 5.52. The molecule has 0 amide bonds. The molecule has 1 atom stereocenters. The van der Waals surface area contributed by atoms with Crippen LogP contribution in [0.1, 0.15) is 31.4 Å². The molecule has 0 radical (unpaired) electrons. The van der Waals surface area contributed by atoms with Gasteiger partial charge in [0, 0.05) is 17.1 Å². The van der Waals surface area contributed by atoms with Gasteiger partial charge in [0.15, 0.2) is 0 Å². The standard InChI is InChI=1S/C12H18BrN/c1-4-10(3)14-8-11-6-5-9(2)7-12(11)13/h5-7,10,14H,4,8H2,1-3H3/t10-/m1/s1. The Bertz CT molecular complexity index is 296. The number of benzene rings is 1. The molecule has 1 aromatic rings. The topological polar surface area (TPSA) is 12.0 Å². The van der Waals surface area contributed by atoms with E-state index in [0.29, 0.717) is 6.04 Å². The Morgan fingerprint density at radius 1 is 1.43 bits per heavy atom. The maximum atomic E-state index is 3.58. The van der Waals surface area contributed by atoms with Crippen molar-refractivity contribution in [2.75, 3.05) is 0 Å². The number of aryl methyl sites for hydroxylation is 1. The quantitative estimate of drug-likeness (QED) is 0.867. The summed E-state index contributed by atoms with van der Waals surface area (Å²) in [6, 6.07) is 7.07. The van der Waals surface area contributed by atoms with Crippen LogP contribution < -0.4 is 5.32 Å². The van der Waals surface area contributed by atoms with Gasteiger partial charge in [-0.1, -0.05) is 35.0 Å². The molecule has 0 saturated carbocycles. The molecular formula is C12H18BrN. The third-order valence-corrected chi connectivity index (χ3v) is 3.20. The first-order valence-electron chi connectivity index (χ1n) is 5.12. The van der Waals surface area contributed by atoms with Gasteiger partial charge < -0.3 is 5.32 Å². The van der Waals surface area contributed by atoms with Gasteiger partial charge in [0.25, 0.3) is 0 Å². The van der Waals surface area contributed by atoms with Crippen molar-refractivity contribution in [3.8, 4) is 0 Å². The van der Waals surface area contributed by atoms with Gasteiger partial charge in [0.2, 0.25) is 0 Å². The van der Waals surface area contributed by atoms with E-state index in [4.69, 9.17) is 0 Å². The minimum absolute atomic E-state index is 0.586. The Kier molecular flexibility index (Phi) is 4.63. The Hall–Kier alpha value is -0.340. The van der Waals surface area contributed by atoms with Gasteiger partial charge in [-0.15, -0.1) is 0 Å². The van der Waals surface area contributed by atoms with Crippen molar-refractivity contribution >= 4 is 15.9 Å². The first-order valence-corrected chi connectivity index (χ1v) is 5.91. The fourth-order valence-electron chi connectivity index (χ4n) is 1.22. The average Bonchev–Trinajstić information content (AvgIpc) is 2.16. The van der Waals surface area contributed by atoms with E-state index < -0.39 is 0 Å². The van der Waals surface area contributed by atoms with Crippen molar-refractivity contribution < 1.29 is 0 Å². The van der Waals surface area contributed by atoms with Crippen LogP contribution in [0.2, 0.25) is 0 Å². The molecule has 1 nitrogen and oxygen atoms in total. The summed E-state index contributed by atoms with van der Waals surface area (Å²) in [7, 11) is 0. The molecule has 1 aromatic carbocycles. The lowest BCUT2D eigenvalue weighted by molar-refractivity contribution is 0.533. The molecule has 0 aliphatic rings. The molecule has 1 N–H and O–H groups in total. The summed E-state index contributed by atoms with van der Waals surface area (Å²) in [6.07, 6.45) is 1.17. The second-order valence-electron chi connectivity index (χ2n) is 3.79. The first-order chi connectivity index (χ1) is 6.63. The molecule has 0 unspecified atom stereocenters. The van der Waals surface area contributed by atoms with Crippen LogP contribution >= 0.6 is 15.9 Å². The van der Waals surface area contributed by atoms with Crippen molar-refractivity contribution in [1.82, 2.24) is 5.32 Å². The van der Waals surface area contributed by atoms with E-state index in [1.54, 1.807) is 0 Å². The van der Waals surface area contributed by atoms with Gasteiger partial charge in [-0.3, -0.25) is 0 Å². The molecular weight excluding hydrogens is 238 g/mol. The molecule has 0 fully saturated rings. The van der Waals surface area contributed by atoms with Gasteiger partial charge in [-0.25, -0.2) is 0 Å². The number of hydrogen-bond acceptors (Lipinski definition) is 1. The Labute approximate surface area is 95.0 Å². The zero-order chi connectivity index (χ0) is 10.6. The van der Waals surface area contributed by atoms with Crippen LogP contribution in [0.5, 0.6) is 0 Å². The van der Waals surface area contributed by atoms with Crippen molar-refractivity contribution in [2.24, 2.45) is 0 Å². The summed E-state index contributed by atoms with van der Waals surface area (Å²) in [5.74, 6) is 0. The van der Waals surface area contributed by atoms with E-state index in [9.17, 15) is 0 Å². The van der Waals surface area contributed by atoms with Crippen LogP contribution in [0.15, 0.2) is 22.7 Å². The highest BCUT2D eigenvalue weighted by molar-refractivity contribution is 9.10. The van der Waals surface area contributed by atoms with Crippen LogP contribution in [-0.2, 0) is 6.54 Å². The average molecular weight is 256 g/mol. The lowest BCUT2D eigenvalue weighted by Crippen LogP contribution is -2.24. The van der Waals surface area contributed by atoms with Crippen molar-refractivity contribution in [3.05, 3.63) is 33.8 Å². The van der Waals surface area contributed by atoms with Crippen molar-refractivity contribution in [2.45, 2.75) is 39.8 Å². The number of hydrogen-bond donors (Lipinski definition) is 1. The fraction of sp³-hybridized carbons (Fsp3) is 0.500. The normalized spacial score (nSPS) is 12.9. The minimum atomic E-state index is 0.586. The predicted molar refractivity (Wildman–Crippen MR) is 65.5 cm³/mol. The fourth-order valence-corrected chi connectivity index (χ4v) is 1.86. The minimum Gasteiger partial charge on any atom is -0.310 e. The van der Waals surface area contributed by atoms with Crippen LogP contribution in [0.4, 0.5) is 0 Å². The summed E-state index contributed by atoms with van der Waals surface area (Å²) in [6.45, 7) is 7.45. The number of nitrogens with one attached hydrogen (secondary N) is 1. The Morgan fingerprint density at radius 3 is 2.71 bits per heavy atom. The Morgan fingerprint density at radius 2 is 2.14 bits per heavy atom. The lowest BCUT2D eigenvalue weighted by Gasteiger charge is -2.12. The van der Waals surface area contributed by atoms with E-state index in [-0.39, 0.29) is 0 Å². The molecule has 0 heterocycles. The first kappa shape index (κ1) is 11.7. The van der Waals surface area contributed by atoms with E-state index in [1.807, 2.05) is 0 Å². The van der Waals surface area contributed by atoms with E-state index >= 15 is 0 Å². The zero-order valence-electron chi connectivity index (χ0n) is 9.10. The highest BCUT2D eigenvalue weighted by atomic mass is 79.9. The van der Waals surface area contributed by atoms with Crippen molar-refractivity contribution in [3.63, 3.8) is 0 Å². The monoisotopic (exact) mass is 255 g/mol. The summed E-state index contributed by atoms with van der Waals surface area (Å²) in [5.41, 5.74) is 2.63. The molecule has 0 aliphatic carbocycles. The third kappa shape index (κ3) is 3.43.